The van der Waals surface area contributed by atoms with Crippen molar-refractivity contribution in [3.63, 3.8) is 0 Å². The number of nitrogens with zero attached hydrogens (tertiary/aromatic N) is 3. The summed E-state index contributed by atoms with van der Waals surface area (Å²) in [4.78, 5) is 21.1. The maximum absolute atomic E-state index is 12.5. The predicted octanol–water partition coefficient (Wildman–Crippen LogP) is 1.59. The Balaban J connectivity index is 1.62. The van der Waals surface area contributed by atoms with Crippen molar-refractivity contribution in [2.75, 3.05) is 60.2 Å². The minimum atomic E-state index is 0.0728. The van der Waals surface area contributed by atoms with E-state index in [2.05, 4.69) is 9.88 Å². The topological polar surface area (TPSA) is 54.9 Å². The van der Waals surface area contributed by atoms with Gasteiger partial charge in [0.05, 0.1) is 18.7 Å². The van der Waals surface area contributed by atoms with Crippen LogP contribution in [0.1, 0.15) is 23.3 Å². The summed E-state index contributed by atoms with van der Waals surface area (Å²) in [5.74, 6) is 0.611. The van der Waals surface area contributed by atoms with Gasteiger partial charge >= 0.3 is 0 Å². The van der Waals surface area contributed by atoms with Crippen LogP contribution in [0.5, 0.6) is 0 Å². The molecule has 1 aromatic rings. The van der Waals surface area contributed by atoms with Crippen LogP contribution in [-0.4, -0.2) is 80.8 Å². The minimum Gasteiger partial charge on any atom is -0.384 e. The number of likely N-dealkylation sites (tertiary alicyclic amines) is 2. The number of hydrogen-bond acceptors (Lipinski definition) is 6. The van der Waals surface area contributed by atoms with E-state index in [-0.39, 0.29) is 11.3 Å². The Hall–Kier alpha value is -1.02. The molecule has 0 radical (unpaired) electrons. The molecule has 3 heterocycles. The average molecular weight is 353 g/mol. The molecule has 2 fully saturated rings. The number of aromatic nitrogens is 1. The predicted molar refractivity (Wildman–Crippen MR) is 93.4 cm³/mol. The second-order valence-electron chi connectivity index (χ2n) is 6.91. The largest absolute Gasteiger partial charge is 0.384 e. The molecule has 24 heavy (non-hydrogen) atoms. The van der Waals surface area contributed by atoms with Gasteiger partial charge < -0.3 is 19.3 Å². The third kappa shape index (κ3) is 3.64. The molecule has 1 amide bonds. The fourth-order valence-electron chi connectivity index (χ4n) is 4.17. The van der Waals surface area contributed by atoms with E-state index in [1.54, 1.807) is 19.7 Å². The molecule has 2 aliphatic rings. The molecule has 0 N–H and O–H groups in total. The standard InChI is InChI=1S/C17H27N3O3S/c1-22-8-7-19-9-14(10-23-2)17(12-19)3-5-20(6-4-17)16(21)15-11-24-13-18-15/h11,13-14H,3-10,12H2,1-2H3/t14-/m0/s1. The van der Waals surface area contributed by atoms with Gasteiger partial charge in [0.25, 0.3) is 5.91 Å². The van der Waals surface area contributed by atoms with Crippen molar-refractivity contribution in [2.24, 2.45) is 11.3 Å². The maximum atomic E-state index is 12.5. The van der Waals surface area contributed by atoms with Gasteiger partial charge in [-0.25, -0.2) is 4.98 Å². The lowest BCUT2D eigenvalue weighted by molar-refractivity contribution is 0.0318. The highest BCUT2D eigenvalue weighted by molar-refractivity contribution is 7.07. The number of piperidine rings is 1. The minimum absolute atomic E-state index is 0.0728. The lowest BCUT2D eigenvalue weighted by Gasteiger charge is -2.42. The van der Waals surface area contributed by atoms with E-state index in [0.29, 0.717) is 11.6 Å². The van der Waals surface area contributed by atoms with E-state index >= 15 is 0 Å². The molecule has 3 rings (SSSR count). The molecule has 2 aliphatic heterocycles. The van der Waals surface area contributed by atoms with Crippen LogP contribution in [0.15, 0.2) is 10.9 Å². The summed E-state index contributed by atoms with van der Waals surface area (Å²) in [6, 6.07) is 0. The van der Waals surface area contributed by atoms with Crippen LogP contribution >= 0.6 is 11.3 Å². The van der Waals surface area contributed by atoms with E-state index in [4.69, 9.17) is 9.47 Å². The van der Waals surface area contributed by atoms with Gasteiger partial charge in [0.2, 0.25) is 0 Å². The van der Waals surface area contributed by atoms with Gasteiger partial charge in [-0.1, -0.05) is 0 Å². The van der Waals surface area contributed by atoms with Gasteiger partial charge in [-0.2, -0.15) is 0 Å². The number of ether oxygens (including phenoxy) is 2. The Labute approximate surface area is 147 Å². The molecule has 1 aromatic heterocycles. The highest BCUT2D eigenvalue weighted by Crippen LogP contribution is 2.44. The van der Waals surface area contributed by atoms with Crippen LogP contribution in [0.4, 0.5) is 0 Å². The summed E-state index contributed by atoms with van der Waals surface area (Å²) in [5, 5.41) is 1.84. The van der Waals surface area contributed by atoms with Gasteiger partial charge in [-0.05, 0) is 18.3 Å². The van der Waals surface area contributed by atoms with Gasteiger partial charge in [0, 0.05) is 58.2 Å². The molecule has 0 unspecified atom stereocenters. The van der Waals surface area contributed by atoms with Crippen molar-refractivity contribution in [1.29, 1.82) is 0 Å². The third-order valence-corrected chi connectivity index (χ3v) is 6.15. The van der Waals surface area contributed by atoms with Gasteiger partial charge in [-0.3, -0.25) is 4.79 Å². The highest BCUT2D eigenvalue weighted by atomic mass is 32.1. The van der Waals surface area contributed by atoms with Crippen molar-refractivity contribution < 1.29 is 14.3 Å². The molecular formula is C17H27N3O3S. The first-order valence-corrected chi connectivity index (χ1v) is 9.50. The lowest BCUT2D eigenvalue weighted by Crippen LogP contribution is -2.47. The second kappa shape index (κ2) is 7.91. The van der Waals surface area contributed by atoms with Crippen LogP contribution in [0, 0.1) is 11.3 Å². The van der Waals surface area contributed by atoms with E-state index in [1.165, 1.54) is 11.3 Å². The van der Waals surface area contributed by atoms with Crippen molar-refractivity contribution >= 4 is 17.2 Å². The fourth-order valence-corrected chi connectivity index (χ4v) is 4.69. The van der Waals surface area contributed by atoms with E-state index in [1.807, 2.05) is 10.3 Å². The number of carbonyl (C=O) groups excluding carboxylic acids is 1. The summed E-state index contributed by atoms with van der Waals surface area (Å²) >= 11 is 1.47. The fraction of sp³-hybridized carbons (Fsp3) is 0.765. The molecule has 0 aliphatic carbocycles. The Morgan fingerprint density at radius 3 is 2.79 bits per heavy atom. The number of thiazole rings is 1. The van der Waals surface area contributed by atoms with E-state index in [0.717, 1.165) is 58.8 Å². The summed E-state index contributed by atoms with van der Waals surface area (Å²) in [7, 11) is 3.54. The highest BCUT2D eigenvalue weighted by Gasteiger charge is 2.48. The maximum Gasteiger partial charge on any atom is 0.273 e. The number of hydrogen-bond donors (Lipinski definition) is 0. The summed E-state index contributed by atoms with van der Waals surface area (Å²) in [6.45, 7) is 6.32. The number of carbonyl (C=O) groups is 1. The first kappa shape index (κ1) is 17.8. The smallest absolute Gasteiger partial charge is 0.273 e. The van der Waals surface area contributed by atoms with E-state index < -0.39 is 0 Å². The molecule has 0 saturated carbocycles. The molecule has 2 saturated heterocycles. The van der Waals surface area contributed by atoms with Gasteiger partial charge in [0.15, 0.2) is 0 Å². The first-order valence-electron chi connectivity index (χ1n) is 8.56. The quantitative estimate of drug-likeness (QED) is 0.777. The van der Waals surface area contributed by atoms with Crippen molar-refractivity contribution in [3.05, 3.63) is 16.6 Å². The van der Waals surface area contributed by atoms with Crippen molar-refractivity contribution in [1.82, 2.24) is 14.8 Å². The summed E-state index contributed by atoms with van der Waals surface area (Å²) < 4.78 is 10.7. The Morgan fingerprint density at radius 2 is 2.17 bits per heavy atom. The zero-order chi connectivity index (χ0) is 17.0. The number of amides is 1. The van der Waals surface area contributed by atoms with Crippen LogP contribution in [0.2, 0.25) is 0 Å². The zero-order valence-corrected chi connectivity index (χ0v) is 15.4. The van der Waals surface area contributed by atoms with Crippen molar-refractivity contribution in [3.8, 4) is 0 Å². The SMILES string of the molecule is COCCN1C[C@@H](COC)C2(CCN(C(=O)c3cscn3)CC2)C1. The Morgan fingerprint density at radius 1 is 1.38 bits per heavy atom. The normalized spacial score (nSPS) is 23.9. The summed E-state index contributed by atoms with van der Waals surface area (Å²) in [6.07, 6.45) is 2.08. The van der Waals surface area contributed by atoms with Gasteiger partial charge in [0.1, 0.15) is 5.69 Å². The second-order valence-corrected chi connectivity index (χ2v) is 7.63. The molecule has 0 aromatic carbocycles. The first-order chi connectivity index (χ1) is 11.7. The molecule has 0 bridgehead atoms. The monoisotopic (exact) mass is 353 g/mol. The molecule has 7 heteroatoms. The van der Waals surface area contributed by atoms with Crippen LogP contribution < -0.4 is 0 Å². The third-order valence-electron chi connectivity index (χ3n) is 5.56. The molecule has 134 valence electrons. The molecule has 1 spiro atoms. The summed E-state index contributed by atoms with van der Waals surface area (Å²) in [5.41, 5.74) is 2.57. The zero-order valence-electron chi connectivity index (χ0n) is 14.6. The average Bonchev–Trinajstić information content (AvgIpc) is 3.23. The Kier molecular flexibility index (Phi) is 5.86. The molecule has 6 nitrogen and oxygen atoms in total. The van der Waals surface area contributed by atoms with Crippen molar-refractivity contribution in [2.45, 2.75) is 12.8 Å². The molecular weight excluding hydrogens is 326 g/mol. The molecule has 1 atom stereocenters. The lowest BCUT2D eigenvalue weighted by atomic mass is 9.71. The number of rotatable bonds is 6. The van der Waals surface area contributed by atoms with Crippen LogP contribution in [0.25, 0.3) is 0 Å². The number of methoxy groups -OCH3 is 2. The van der Waals surface area contributed by atoms with Crippen LogP contribution in [0.3, 0.4) is 0 Å². The Bertz CT molecular complexity index is 529. The van der Waals surface area contributed by atoms with Gasteiger partial charge in [-0.15, -0.1) is 11.3 Å². The van der Waals surface area contributed by atoms with Crippen LogP contribution in [-0.2, 0) is 9.47 Å². The van der Waals surface area contributed by atoms with E-state index in [9.17, 15) is 4.79 Å².